The fourth-order valence-corrected chi connectivity index (χ4v) is 6.66. The van der Waals surface area contributed by atoms with Gasteiger partial charge in [-0.25, -0.2) is 0 Å². The first-order valence-corrected chi connectivity index (χ1v) is 11.8. The minimum atomic E-state index is 0.134. The van der Waals surface area contributed by atoms with Crippen LogP contribution < -0.4 is 0 Å². The van der Waals surface area contributed by atoms with E-state index in [1.165, 1.54) is 25.7 Å². The molecule has 0 aromatic carbocycles. The molecule has 30 heavy (non-hydrogen) atoms. The monoisotopic (exact) mass is 411 g/mol. The first-order chi connectivity index (χ1) is 14.0. The number of aromatic nitrogens is 1. The van der Waals surface area contributed by atoms with Crippen LogP contribution in [0.2, 0.25) is 0 Å². The van der Waals surface area contributed by atoms with E-state index >= 15 is 0 Å². The second kappa shape index (κ2) is 6.37. The molecule has 5 nitrogen and oxygen atoms in total. The topological polar surface area (TPSA) is 45.6 Å². The molecular weight excluding hydrogens is 374 g/mol. The van der Waals surface area contributed by atoms with Crippen molar-refractivity contribution >= 4 is 11.8 Å². The normalized spacial score (nSPS) is 29.4. The Morgan fingerprint density at radius 3 is 1.93 bits per heavy atom. The highest BCUT2D eigenvalue weighted by Crippen LogP contribution is 2.51. The number of aryl methyl sites for hydroxylation is 2. The molecule has 3 heterocycles. The molecule has 0 bridgehead atoms. The van der Waals surface area contributed by atoms with Crippen LogP contribution in [0.1, 0.15) is 75.0 Å². The predicted octanol–water partition coefficient (Wildman–Crippen LogP) is 3.78. The Labute approximate surface area is 180 Å². The van der Waals surface area contributed by atoms with Gasteiger partial charge in [-0.15, -0.1) is 0 Å². The van der Waals surface area contributed by atoms with Gasteiger partial charge in [-0.05, 0) is 50.0 Å². The van der Waals surface area contributed by atoms with Gasteiger partial charge in [0, 0.05) is 54.9 Å². The van der Waals surface area contributed by atoms with E-state index in [-0.39, 0.29) is 22.6 Å². The lowest BCUT2D eigenvalue weighted by Crippen LogP contribution is -2.65. The van der Waals surface area contributed by atoms with Crippen molar-refractivity contribution in [3.05, 3.63) is 23.0 Å². The Morgan fingerprint density at radius 2 is 1.43 bits per heavy atom. The zero-order valence-corrected chi connectivity index (χ0v) is 19.5. The van der Waals surface area contributed by atoms with Crippen molar-refractivity contribution in [1.82, 2.24) is 14.4 Å². The fourth-order valence-electron chi connectivity index (χ4n) is 6.66. The molecule has 2 unspecified atom stereocenters. The Hall–Kier alpha value is -1.78. The van der Waals surface area contributed by atoms with E-state index in [4.69, 9.17) is 0 Å². The molecule has 1 aromatic rings. The van der Waals surface area contributed by atoms with E-state index in [1.54, 1.807) is 0 Å². The van der Waals surface area contributed by atoms with Crippen LogP contribution in [-0.4, -0.2) is 51.4 Å². The molecule has 4 fully saturated rings. The highest BCUT2D eigenvalue weighted by Gasteiger charge is 2.56. The molecule has 2 aliphatic heterocycles. The Bertz CT molecular complexity index is 904. The number of amides is 2. The van der Waals surface area contributed by atoms with Gasteiger partial charge >= 0.3 is 0 Å². The van der Waals surface area contributed by atoms with Gasteiger partial charge in [-0.2, -0.15) is 0 Å². The quantitative estimate of drug-likeness (QED) is 0.740. The summed E-state index contributed by atoms with van der Waals surface area (Å²) in [6.45, 7) is 12.8. The molecule has 2 amide bonds. The average Bonchev–Trinajstić information content (AvgIpc) is 3.53. The van der Waals surface area contributed by atoms with Crippen molar-refractivity contribution in [1.29, 1.82) is 0 Å². The SMILES string of the molecule is Cc1cn(C)c(CC(=O)N2CC(C)(C)C2C2CC2)c1C(=O)N1CC(C)(C)C1C1CC1. The Kier molecular flexibility index (Phi) is 4.27. The van der Waals surface area contributed by atoms with Crippen molar-refractivity contribution < 1.29 is 9.59 Å². The summed E-state index contributed by atoms with van der Waals surface area (Å²) in [6, 6.07) is 0.726. The summed E-state index contributed by atoms with van der Waals surface area (Å²) in [7, 11) is 1.98. The fraction of sp³-hybridized carbons (Fsp3) is 0.760. The van der Waals surface area contributed by atoms with E-state index in [0.717, 1.165) is 29.9 Å². The zero-order valence-electron chi connectivity index (χ0n) is 19.5. The first kappa shape index (κ1) is 20.1. The minimum absolute atomic E-state index is 0.134. The van der Waals surface area contributed by atoms with Crippen LogP contribution >= 0.6 is 0 Å². The number of nitrogens with zero attached hydrogens (tertiary/aromatic N) is 3. The second-order valence-electron chi connectivity index (χ2n) is 11.9. The highest BCUT2D eigenvalue weighted by atomic mass is 16.2. The maximum absolute atomic E-state index is 13.6. The molecule has 5 heteroatoms. The Morgan fingerprint density at radius 1 is 0.933 bits per heavy atom. The van der Waals surface area contributed by atoms with Crippen molar-refractivity contribution in [2.75, 3.05) is 13.1 Å². The molecule has 2 saturated carbocycles. The van der Waals surface area contributed by atoms with Gasteiger partial charge in [0.25, 0.3) is 5.91 Å². The standard InChI is InChI=1S/C25H37N3O2/c1-15-12-26(6)18(11-19(29)27-13-24(2,3)21(27)16-7-8-16)20(15)23(30)28-14-25(4,5)22(28)17-9-10-17/h12,16-17,21-22H,7-11,13-14H2,1-6H3. The summed E-state index contributed by atoms with van der Waals surface area (Å²) in [5, 5.41) is 0. The number of hydrogen-bond donors (Lipinski definition) is 0. The molecule has 0 radical (unpaired) electrons. The van der Waals surface area contributed by atoms with Gasteiger partial charge in [0.1, 0.15) is 0 Å². The van der Waals surface area contributed by atoms with Crippen molar-refractivity contribution in [2.45, 2.75) is 78.8 Å². The lowest BCUT2D eigenvalue weighted by atomic mass is 9.72. The molecule has 1 aromatic heterocycles. The van der Waals surface area contributed by atoms with Crippen LogP contribution in [0.3, 0.4) is 0 Å². The molecule has 2 atom stereocenters. The number of rotatable bonds is 5. The van der Waals surface area contributed by atoms with Gasteiger partial charge in [0.2, 0.25) is 5.91 Å². The molecule has 0 N–H and O–H groups in total. The van der Waals surface area contributed by atoms with Crippen LogP contribution in [0.5, 0.6) is 0 Å². The minimum Gasteiger partial charge on any atom is -0.353 e. The summed E-state index contributed by atoms with van der Waals surface area (Å²) in [4.78, 5) is 31.1. The van der Waals surface area contributed by atoms with Crippen molar-refractivity contribution in [3.8, 4) is 0 Å². The summed E-state index contributed by atoms with van der Waals surface area (Å²) in [5.41, 5.74) is 3.08. The Balaban J connectivity index is 1.37. The molecule has 4 aliphatic rings. The maximum Gasteiger partial charge on any atom is 0.256 e. The number of likely N-dealkylation sites (tertiary alicyclic amines) is 2. The smallest absolute Gasteiger partial charge is 0.256 e. The summed E-state index contributed by atoms with van der Waals surface area (Å²) in [6.07, 6.45) is 7.33. The maximum atomic E-state index is 13.6. The van der Waals surface area contributed by atoms with Gasteiger partial charge in [0.05, 0.1) is 12.0 Å². The molecule has 2 aliphatic carbocycles. The van der Waals surface area contributed by atoms with Gasteiger partial charge in [-0.3, -0.25) is 9.59 Å². The second-order valence-corrected chi connectivity index (χ2v) is 11.9. The highest BCUT2D eigenvalue weighted by molar-refractivity contribution is 5.99. The third-order valence-corrected chi connectivity index (χ3v) is 8.18. The predicted molar refractivity (Wildman–Crippen MR) is 117 cm³/mol. The summed E-state index contributed by atoms with van der Waals surface area (Å²) < 4.78 is 2.01. The summed E-state index contributed by atoms with van der Waals surface area (Å²) >= 11 is 0. The third kappa shape index (κ3) is 3.03. The number of hydrogen-bond acceptors (Lipinski definition) is 2. The summed E-state index contributed by atoms with van der Waals surface area (Å²) in [5.74, 6) is 1.66. The largest absolute Gasteiger partial charge is 0.353 e. The van der Waals surface area contributed by atoms with Gasteiger partial charge < -0.3 is 14.4 Å². The molecule has 2 saturated heterocycles. The third-order valence-electron chi connectivity index (χ3n) is 8.18. The number of carbonyl (C=O) groups is 2. The van der Waals surface area contributed by atoms with Gasteiger partial charge in [0.15, 0.2) is 0 Å². The van der Waals surface area contributed by atoms with Crippen molar-refractivity contribution in [3.63, 3.8) is 0 Å². The van der Waals surface area contributed by atoms with E-state index in [9.17, 15) is 9.59 Å². The van der Waals surface area contributed by atoms with E-state index in [0.29, 0.717) is 30.3 Å². The van der Waals surface area contributed by atoms with Crippen LogP contribution in [-0.2, 0) is 18.3 Å². The van der Waals surface area contributed by atoms with Gasteiger partial charge in [-0.1, -0.05) is 27.7 Å². The van der Waals surface area contributed by atoms with E-state index < -0.39 is 0 Å². The molecule has 5 rings (SSSR count). The zero-order chi connectivity index (χ0) is 21.6. The molecule has 0 spiro atoms. The first-order valence-electron chi connectivity index (χ1n) is 11.8. The average molecular weight is 412 g/mol. The number of carbonyl (C=O) groups excluding carboxylic acids is 2. The molecule has 164 valence electrons. The molecular formula is C25H37N3O2. The lowest BCUT2D eigenvalue weighted by molar-refractivity contribution is -0.152. The lowest BCUT2D eigenvalue weighted by Gasteiger charge is -2.55. The van der Waals surface area contributed by atoms with Crippen LogP contribution in [0.15, 0.2) is 6.20 Å². The van der Waals surface area contributed by atoms with Crippen LogP contribution in [0.4, 0.5) is 0 Å². The van der Waals surface area contributed by atoms with Crippen LogP contribution in [0, 0.1) is 29.6 Å². The van der Waals surface area contributed by atoms with E-state index in [2.05, 4.69) is 37.5 Å². The van der Waals surface area contributed by atoms with Crippen LogP contribution in [0.25, 0.3) is 0 Å². The van der Waals surface area contributed by atoms with Crippen molar-refractivity contribution in [2.24, 2.45) is 29.7 Å². The van der Waals surface area contributed by atoms with E-state index in [1.807, 2.05) is 24.7 Å².